The van der Waals surface area contributed by atoms with E-state index in [4.69, 9.17) is 4.74 Å². The van der Waals surface area contributed by atoms with Crippen LogP contribution >= 0.6 is 11.3 Å². The Labute approximate surface area is 205 Å². The summed E-state index contributed by atoms with van der Waals surface area (Å²) in [7, 11) is 1.62. The predicted octanol–water partition coefficient (Wildman–Crippen LogP) is 5.63. The number of benzene rings is 2. The maximum Gasteiger partial charge on any atom is 0.264 e. The van der Waals surface area contributed by atoms with Gasteiger partial charge < -0.3 is 15.0 Å². The van der Waals surface area contributed by atoms with Crippen molar-refractivity contribution in [3.63, 3.8) is 0 Å². The van der Waals surface area contributed by atoms with Crippen molar-refractivity contribution >= 4 is 23.2 Å². The molecule has 0 unspecified atom stereocenters. The van der Waals surface area contributed by atoms with Crippen molar-refractivity contribution in [2.75, 3.05) is 13.7 Å². The molecule has 0 aliphatic heterocycles. The van der Waals surface area contributed by atoms with Crippen LogP contribution in [0.5, 0.6) is 5.75 Å². The van der Waals surface area contributed by atoms with E-state index in [1.807, 2.05) is 60.0 Å². The smallest absolute Gasteiger partial charge is 0.264 e. The second-order valence-corrected chi connectivity index (χ2v) is 9.68. The van der Waals surface area contributed by atoms with Crippen LogP contribution in [0.1, 0.15) is 58.9 Å². The Bertz CT molecular complexity index is 1050. The molecule has 5 nitrogen and oxygen atoms in total. The normalized spacial score (nSPS) is 14.9. The van der Waals surface area contributed by atoms with Gasteiger partial charge in [-0.15, -0.1) is 11.3 Å². The summed E-state index contributed by atoms with van der Waals surface area (Å²) in [5, 5.41) is 5.16. The average molecular weight is 477 g/mol. The molecular formula is C28H32N2O3S. The summed E-state index contributed by atoms with van der Waals surface area (Å²) in [6, 6.07) is 20.7. The first-order chi connectivity index (χ1) is 16.7. The van der Waals surface area contributed by atoms with E-state index in [1.165, 1.54) is 17.8 Å². The number of thiophene rings is 1. The molecule has 0 saturated heterocycles. The highest BCUT2D eigenvalue weighted by molar-refractivity contribution is 7.12. The van der Waals surface area contributed by atoms with Crippen molar-refractivity contribution in [3.05, 3.63) is 88.1 Å². The Morgan fingerprint density at radius 3 is 2.38 bits per heavy atom. The zero-order valence-corrected chi connectivity index (χ0v) is 20.4. The molecule has 1 N–H and O–H groups in total. The van der Waals surface area contributed by atoms with Gasteiger partial charge in [0.25, 0.3) is 5.91 Å². The van der Waals surface area contributed by atoms with Crippen molar-refractivity contribution < 1.29 is 14.3 Å². The summed E-state index contributed by atoms with van der Waals surface area (Å²) < 4.78 is 5.32. The summed E-state index contributed by atoms with van der Waals surface area (Å²) in [4.78, 5) is 29.8. The van der Waals surface area contributed by atoms with Crippen LogP contribution in [-0.4, -0.2) is 36.4 Å². The molecule has 1 fully saturated rings. The van der Waals surface area contributed by atoms with Crippen molar-refractivity contribution in [1.82, 2.24) is 10.2 Å². The summed E-state index contributed by atoms with van der Waals surface area (Å²) in [6.45, 7) is 0.440. The molecule has 4 rings (SSSR count). The van der Waals surface area contributed by atoms with Crippen LogP contribution in [0.3, 0.4) is 0 Å². The molecular weight excluding hydrogens is 444 g/mol. The zero-order chi connectivity index (χ0) is 23.8. The second kappa shape index (κ2) is 11.8. The minimum absolute atomic E-state index is 0.116. The van der Waals surface area contributed by atoms with Crippen LogP contribution in [0.15, 0.2) is 72.1 Å². The van der Waals surface area contributed by atoms with Crippen LogP contribution in [0.2, 0.25) is 0 Å². The van der Waals surface area contributed by atoms with Gasteiger partial charge in [-0.25, -0.2) is 0 Å². The van der Waals surface area contributed by atoms with E-state index in [9.17, 15) is 9.59 Å². The topological polar surface area (TPSA) is 58.6 Å². The number of carbonyl (C=O) groups excluding carboxylic acids is 2. The molecule has 1 saturated carbocycles. The van der Waals surface area contributed by atoms with Crippen LogP contribution < -0.4 is 10.1 Å². The highest BCUT2D eigenvalue weighted by atomic mass is 32.1. The largest absolute Gasteiger partial charge is 0.497 e. The van der Waals surface area contributed by atoms with Gasteiger partial charge in [0.15, 0.2) is 0 Å². The van der Waals surface area contributed by atoms with Gasteiger partial charge in [0.05, 0.1) is 12.0 Å². The quantitative estimate of drug-likeness (QED) is 0.435. The molecule has 1 atom stereocenters. The third-order valence-corrected chi connectivity index (χ3v) is 7.28. The Morgan fingerprint density at radius 2 is 1.74 bits per heavy atom. The first kappa shape index (κ1) is 24.0. The molecule has 0 spiro atoms. The van der Waals surface area contributed by atoms with Gasteiger partial charge in [0.1, 0.15) is 11.8 Å². The molecule has 0 radical (unpaired) electrons. The average Bonchev–Trinajstić information content (AvgIpc) is 3.43. The van der Waals surface area contributed by atoms with E-state index >= 15 is 0 Å². The Kier molecular flexibility index (Phi) is 8.36. The van der Waals surface area contributed by atoms with Gasteiger partial charge in [-0.3, -0.25) is 9.59 Å². The number of nitrogens with one attached hydrogen (secondary N) is 1. The fourth-order valence-corrected chi connectivity index (χ4v) is 5.25. The van der Waals surface area contributed by atoms with Crippen LogP contribution in [0.25, 0.3) is 0 Å². The first-order valence-electron chi connectivity index (χ1n) is 12.0. The molecule has 0 bridgehead atoms. The van der Waals surface area contributed by atoms with E-state index < -0.39 is 6.04 Å². The number of nitrogens with zero attached hydrogens (tertiary/aromatic N) is 1. The lowest BCUT2D eigenvalue weighted by Crippen LogP contribution is -2.47. The molecule has 178 valence electrons. The van der Waals surface area contributed by atoms with Gasteiger partial charge in [-0.05, 0) is 54.0 Å². The van der Waals surface area contributed by atoms with E-state index in [2.05, 4.69) is 17.4 Å². The lowest BCUT2D eigenvalue weighted by molar-refractivity contribution is -0.126. The van der Waals surface area contributed by atoms with Crippen molar-refractivity contribution in [3.8, 4) is 5.75 Å². The van der Waals surface area contributed by atoms with E-state index in [0.717, 1.165) is 42.6 Å². The van der Waals surface area contributed by atoms with Crippen molar-refractivity contribution in [1.29, 1.82) is 0 Å². The van der Waals surface area contributed by atoms with Gasteiger partial charge in [0, 0.05) is 12.6 Å². The molecule has 1 heterocycles. The molecule has 3 aromatic rings. The summed E-state index contributed by atoms with van der Waals surface area (Å²) in [5.74, 6) is 0.483. The molecule has 34 heavy (non-hydrogen) atoms. The van der Waals surface area contributed by atoms with Crippen LogP contribution in [-0.2, 0) is 11.2 Å². The number of amides is 2. The number of ether oxygens (including phenoxy) is 1. The van der Waals surface area contributed by atoms with Gasteiger partial charge in [-0.1, -0.05) is 67.8 Å². The lowest BCUT2D eigenvalue weighted by Gasteiger charge is -2.33. The maximum atomic E-state index is 13.8. The standard InChI is InChI=1S/C28H32N2O3S/c1-33-24-16-14-22(15-17-24)26(27(31)29-23-11-6-3-7-12-23)30(28(32)25-13-8-20-34-25)19-18-21-9-4-2-5-10-21/h2,4-5,8-10,13-17,20,23,26H,3,6-7,11-12,18-19H2,1H3,(H,29,31)/t26-/m0/s1. The third-order valence-electron chi connectivity index (χ3n) is 6.42. The maximum absolute atomic E-state index is 13.8. The Morgan fingerprint density at radius 1 is 1.00 bits per heavy atom. The van der Waals surface area contributed by atoms with Gasteiger partial charge in [0.2, 0.25) is 5.91 Å². The summed E-state index contributed by atoms with van der Waals surface area (Å²) >= 11 is 1.40. The Balaban J connectivity index is 1.67. The number of rotatable bonds is 9. The highest BCUT2D eigenvalue weighted by Gasteiger charge is 2.33. The van der Waals surface area contributed by atoms with Crippen LogP contribution in [0.4, 0.5) is 0 Å². The highest BCUT2D eigenvalue weighted by Crippen LogP contribution is 2.28. The second-order valence-electron chi connectivity index (χ2n) is 8.73. The fraction of sp³-hybridized carbons (Fsp3) is 0.357. The molecule has 1 aromatic heterocycles. The van der Waals surface area contributed by atoms with Crippen LogP contribution in [0, 0.1) is 0 Å². The molecule has 2 amide bonds. The number of methoxy groups -OCH3 is 1. The van der Waals surface area contributed by atoms with Gasteiger partial charge in [-0.2, -0.15) is 0 Å². The number of carbonyl (C=O) groups is 2. The summed E-state index contributed by atoms with van der Waals surface area (Å²) in [6.07, 6.45) is 6.12. The van der Waals surface area contributed by atoms with Crippen molar-refractivity contribution in [2.45, 2.75) is 50.6 Å². The minimum Gasteiger partial charge on any atom is -0.497 e. The minimum atomic E-state index is -0.717. The number of hydrogen-bond donors (Lipinski definition) is 1. The fourth-order valence-electron chi connectivity index (χ4n) is 4.57. The first-order valence-corrected chi connectivity index (χ1v) is 12.9. The predicted molar refractivity (Wildman–Crippen MR) is 136 cm³/mol. The van der Waals surface area contributed by atoms with Crippen molar-refractivity contribution in [2.24, 2.45) is 0 Å². The van der Waals surface area contributed by atoms with Gasteiger partial charge >= 0.3 is 0 Å². The lowest BCUT2D eigenvalue weighted by atomic mass is 9.94. The SMILES string of the molecule is COc1ccc([C@@H](C(=O)NC2CCCCC2)N(CCc2ccccc2)C(=O)c2cccs2)cc1. The number of hydrogen-bond acceptors (Lipinski definition) is 4. The Hall–Kier alpha value is -3.12. The molecule has 6 heteroatoms. The molecule has 1 aliphatic carbocycles. The summed E-state index contributed by atoms with van der Waals surface area (Å²) in [5.41, 5.74) is 1.92. The van der Waals surface area contributed by atoms with E-state index in [-0.39, 0.29) is 17.9 Å². The third kappa shape index (κ3) is 6.06. The monoisotopic (exact) mass is 476 g/mol. The molecule has 1 aliphatic rings. The van der Waals surface area contributed by atoms with E-state index in [1.54, 1.807) is 12.0 Å². The van der Waals surface area contributed by atoms with E-state index in [0.29, 0.717) is 17.8 Å². The zero-order valence-electron chi connectivity index (χ0n) is 19.6. The molecule has 2 aromatic carbocycles.